The second-order valence-electron chi connectivity index (χ2n) is 2.18. The Hall–Kier alpha value is -0.870. The maximum absolute atomic E-state index is 9.96. The van der Waals surface area contributed by atoms with Crippen molar-refractivity contribution in [3.8, 4) is 0 Å². The fourth-order valence-corrected chi connectivity index (χ4v) is 0.559. The molecule has 0 bridgehead atoms. The van der Waals surface area contributed by atoms with Crippen LogP contribution in [0.15, 0.2) is 12.2 Å². The highest BCUT2D eigenvalue weighted by atomic mass is 16.5. The highest BCUT2D eigenvalue weighted by Gasteiger charge is 1.97. The fourth-order valence-electron chi connectivity index (χ4n) is 0.559. The van der Waals surface area contributed by atoms with Crippen molar-refractivity contribution in [1.82, 2.24) is 0 Å². The van der Waals surface area contributed by atoms with Crippen molar-refractivity contribution < 1.29 is 14.6 Å². The van der Waals surface area contributed by atoms with Gasteiger partial charge in [0.25, 0.3) is 0 Å². The van der Waals surface area contributed by atoms with E-state index in [1.165, 1.54) is 0 Å². The molecule has 0 atom stereocenters. The van der Waals surface area contributed by atoms with E-state index in [1.807, 2.05) is 0 Å². The Morgan fingerprint density at radius 3 is 2.64 bits per heavy atom. The Labute approximate surface area is 65.6 Å². The Morgan fingerprint density at radius 2 is 2.18 bits per heavy atom. The maximum Gasteiger partial charge on any atom is 0.329 e. The van der Waals surface area contributed by atoms with Gasteiger partial charge in [-0.25, -0.2) is 4.79 Å². The van der Waals surface area contributed by atoms with Crippen LogP contribution in [0.4, 0.5) is 0 Å². The number of aliphatic carboxylic acids is 1. The van der Waals surface area contributed by atoms with Crippen molar-refractivity contribution in [3.05, 3.63) is 12.2 Å². The van der Waals surface area contributed by atoms with Crippen LogP contribution < -0.4 is 5.73 Å². The summed E-state index contributed by atoms with van der Waals surface area (Å²) in [5.74, 6) is -0.967. The van der Waals surface area contributed by atoms with E-state index in [1.54, 1.807) is 0 Å². The predicted octanol–water partition coefficient (Wildman–Crippen LogP) is -0.00740. The van der Waals surface area contributed by atoms with E-state index in [4.69, 9.17) is 15.6 Å². The van der Waals surface area contributed by atoms with Crippen LogP contribution in [0.1, 0.15) is 6.42 Å². The molecular weight excluding hydrogens is 146 g/mol. The average molecular weight is 159 g/mol. The third kappa shape index (κ3) is 7.02. The zero-order chi connectivity index (χ0) is 8.69. The van der Waals surface area contributed by atoms with E-state index >= 15 is 0 Å². The Kier molecular flexibility index (Phi) is 5.42. The molecule has 0 saturated carbocycles. The van der Waals surface area contributed by atoms with Gasteiger partial charge in [-0.1, -0.05) is 12.2 Å². The van der Waals surface area contributed by atoms with Crippen molar-refractivity contribution in [2.24, 2.45) is 5.73 Å². The first-order chi connectivity index (χ1) is 5.16. The largest absolute Gasteiger partial charge is 0.480 e. The highest BCUT2D eigenvalue weighted by Crippen LogP contribution is 1.95. The van der Waals surface area contributed by atoms with Crippen LogP contribution in [0.25, 0.3) is 0 Å². The van der Waals surface area contributed by atoms with Crippen molar-refractivity contribution in [2.45, 2.75) is 6.42 Å². The standard InChI is InChI=1S/C7H13NO3/c1-6(2-3-8)4-11-5-7(9)10/h1-5,8H2,(H,9,10). The minimum Gasteiger partial charge on any atom is -0.480 e. The maximum atomic E-state index is 9.96. The van der Waals surface area contributed by atoms with Crippen LogP contribution >= 0.6 is 0 Å². The number of hydrogen-bond donors (Lipinski definition) is 2. The second-order valence-corrected chi connectivity index (χ2v) is 2.18. The molecule has 0 radical (unpaired) electrons. The molecule has 0 saturated heterocycles. The lowest BCUT2D eigenvalue weighted by Gasteiger charge is -2.02. The molecule has 0 amide bonds. The molecule has 4 nitrogen and oxygen atoms in total. The van der Waals surface area contributed by atoms with Gasteiger partial charge in [-0.2, -0.15) is 0 Å². The Bertz CT molecular complexity index is 145. The zero-order valence-electron chi connectivity index (χ0n) is 6.38. The summed E-state index contributed by atoms with van der Waals surface area (Å²) in [6.07, 6.45) is 0.680. The number of carboxylic acids is 1. The zero-order valence-corrected chi connectivity index (χ0v) is 6.38. The van der Waals surface area contributed by atoms with E-state index in [9.17, 15) is 4.79 Å². The molecule has 0 aromatic carbocycles. The molecule has 0 spiro atoms. The number of nitrogens with two attached hydrogens (primary N) is 1. The van der Waals surface area contributed by atoms with Gasteiger partial charge < -0.3 is 15.6 Å². The van der Waals surface area contributed by atoms with Crippen molar-refractivity contribution in [1.29, 1.82) is 0 Å². The number of hydrogen-bond acceptors (Lipinski definition) is 3. The first-order valence-corrected chi connectivity index (χ1v) is 3.33. The minimum atomic E-state index is -0.967. The van der Waals surface area contributed by atoms with Gasteiger partial charge in [0.1, 0.15) is 6.61 Å². The molecule has 0 unspecified atom stereocenters. The van der Waals surface area contributed by atoms with Gasteiger partial charge in [-0.05, 0) is 13.0 Å². The monoisotopic (exact) mass is 159 g/mol. The number of rotatable bonds is 6. The molecule has 0 rings (SSSR count). The molecule has 11 heavy (non-hydrogen) atoms. The number of carboxylic acid groups (broad SMARTS) is 1. The molecule has 0 aliphatic carbocycles. The topological polar surface area (TPSA) is 72.5 Å². The summed E-state index contributed by atoms with van der Waals surface area (Å²) in [5.41, 5.74) is 6.06. The minimum absolute atomic E-state index is 0.274. The van der Waals surface area contributed by atoms with Crippen LogP contribution in [-0.4, -0.2) is 30.8 Å². The molecule has 64 valence electrons. The lowest BCUT2D eigenvalue weighted by Crippen LogP contribution is -2.10. The second kappa shape index (κ2) is 5.88. The third-order valence-electron chi connectivity index (χ3n) is 1.03. The van der Waals surface area contributed by atoms with Gasteiger partial charge in [-0.15, -0.1) is 0 Å². The average Bonchev–Trinajstić information content (AvgIpc) is 1.87. The summed E-state index contributed by atoms with van der Waals surface area (Å²) in [6, 6.07) is 0. The quantitative estimate of drug-likeness (QED) is 0.535. The van der Waals surface area contributed by atoms with Crippen LogP contribution in [-0.2, 0) is 9.53 Å². The van der Waals surface area contributed by atoms with Gasteiger partial charge >= 0.3 is 5.97 Å². The first kappa shape index (κ1) is 10.1. The lowest BCUT2D eigenvalue weighted by molar-refractivity contribution is -0.141. The normalized spacial score (nSPS) is 9.55. The van der Waals surface area contributed by atoms with Crippen LogP contribution in [0.3, 0.4) is 0 Å². The fraction of sp³-hybridized carbons (Fsp3) is 0.571. The summed E-state index contributed by atoms with van der Waals surface area (Å²) in [6.45, 7) is 4.17. The summed E-state index contributed by atoms with van der Waals surface area (Å²) >= 11 is 0. The van der Waals surface area contributed by atoms with E-state index in [-0.39, 0.29) is 13.2 Å². The van der Waals surface area contributed by atoms with Gasteiger partial charge in [0.2, 0.25) is 0 Å². The summed E-state index contributed by atoms with van der Waals surface area (Å²) in [4.78, 5) is 9.96. The number of carbonyl (C=O) groups is 1. The summed E-state index contributed by atoms with van der Waals surface area (Å²) in [7, 11) is 0. The highest BCUT2D eigenvalue weighted by molar-refractivity contribution is 5.68. The van der Waals surface area contributed by atoms with E-state index in [0.29, 0.717) is 13.0 Å². The molecule has 0 heterocycles. The van der Waals surface area contributed by atoms with Crippen LogP contribution in [0, 0.1) is 0 Å². The van der Waals surface area contributed by atoms with Crippen LogP contribution in [0.5, 0.6) is 0 Å². The van der Waals surface area contributed by atoms with Gasteiger partial charge in [0.15, 0.2) is 0 Å². The first-order valence-electron chi connectivity index (χ1n) is 3.33. The molecule has 3 N–H and O–H groups in total. The number of ether oxygens (including phenoxy) is 1. The molecule has 0 aromatic rings. The predicted molar refractivity (Wildman–Crippen MR) is 41.3 cm³/mol. The molecule has 0 fully saturated rings. The Balaban J connectivity index is 3.24. The third-order valence-corrected chi connectivity index (χ3v) is 1.03. The van der Waals surface area contributed by atoms with E-state index < -0.39 is 5.97 Å². The summed E-state index contributed by atoms with van der Waals surface area (Å²) < 4.78 is 4.75. The molecule has 0 aromatic heterocycles. The van der Waals surface area contributed by atoms with Crippen molar-refractivity contribution in [3.63, 3.8) is 0 Å². The molecule has 0 aliphatic heterocycles. The van der Waals surface area contributed by atoms with E-state index in [2.05, 4.69) is 6.58 Å². The molecular formula is C7H13NO3. The smallest absolute Gasteiger partial charge is 0.329 e. The summed E-state index contributed by atoms with van der Waals surface area (Å²) in [5, 5.41) is 8.18. The molecule has 0 aliphatic rings. The van der Waals surface area contributed by atoms with E-state index in [0.717, 1.165) is 5.57 Å². The van der Waals surface area contributed by atoms with Gasteiger partial charge in [0, 0.05) is 0 Å². The SMILES string of the molecule is C=C(CCN)COCC(=O)O. The van der Waals surface area contributed by atoms with Gasteiger partial charge in [0.05, 0.1) is 6.61 Å². The molecule has 4 heteroatoms. The van der Waals surface area contributed by atoms with Gasteiger partial charge in [-0.3, -0.25) is 0 Å². The van der Waals surface area contributed by atoms with Crippen LogP contribution in [0.2, 0.25) is 0 Å². The van der Waals surface area contributed by atoms with Crippen molar-refractivity contribution in [2.75, 3.05) is 19.8 Å². The Morgan fingerprint density at radius 1 is 1.55 bits per heavy atom. The lowest BCUT2D eigenvalue weighted by atomic mass is 10.2. The van der Waals surface area contributed by atoms with Crippen molar-refractivity contribution >= 4 is 5.97 Å².